The average Bonchev–Trinajstić information content (AvgIpc) is 2.20. The first-order valence-electron chi connectivity index (χ1n) is 7.86. The molecule has 4 fully saturated rings. The zero-order valence-electron chi connectivity index (χ0n) is 12.2. The second-order valence-corrected chi connectivity index (χ2v) is 7.95. The summed E-state index contributed by atoms with van der Waals surface area (Å²) in [6, 6.07) is 0.233. The van der Waals surface area contributed by atoms with Gasteiger partial charge in [0.15, 0.2) is 0 Å². The zero-order chi connectivity index (χ0) is 12.9. The standard InChI is InChI=1S/C16H29NO/c1-10(17)9-16(2,3)18-15-13-5-11-4-12(7-13)8-14(15)6-11/h10-15H,4-9,17H2,1-3H3. The van der Waals surface area contributed by atoms with Gasteiger partial charge in [0.05, 0.1) is 11.7 Å². The Morgan fingerprint density at radius 1 is 1.06 bits per heavy atom. The maximum atomic E-state index is 6.55. The molecule has 0 spiro atoms. The van der Waals surface area contributed by atoms with Crippen LogP contribution in [0.5, 0.6) is 0 Å². The topological polar surface area (TPSA) is 35.2 Å². The molecule has 4 saturated carbocycles. The van der Waals surface area contributed by atoms with Gasteiger partial charge in [-0.1, -0.05) is 0 Å². The summed E-state index contributed by atoms with van der Waals surface area (Å²) in [4.78, 5) is 0. The highest BCUT2D eigenvalue weighted by atomic mass is 16.5. The van der Waals surface area contributed by atoms with Crippen LogP contribution in [0.4, 0.5) is 0 Å². The van der Waals surface area contributed by atoms with E-state index >= 15 is 0 Å². The third-order valence-electron chi connectivity index (χ3n) is 5.41. The summed E-state index contributed by atoms with van der Waals surface area (Å²) in [6.45, 7) is 6.53. The maximum Gasteiger partial charge on any atom is 0.0645 e. The lowest BCUT2D eigenvalue weighted by Crippen LogP contribution is -2.52. The predicted octanol–water partition coefficient (Wildman–Crippen LogP) is 3.34. The lowest BCUT2D eigenvalue weighted by Gasteiger charge is -2.55. The van der Waals surface area contributed by atoms with Crippen LogP contribution in [-0.2, 0) is 4.74 Å². The minimum absolute atomic E-state index is 0.0474. The minimum atomic E-state index is -0.0474. The smallest absolute Gasteiger partial charge is 0.0645 e. The monoisotopic (exact) mass is 251 g/mol. The van der Waals surface area contributed by atoms with Crippen molar-refractivity contribution in [2.75, 3.05) is 0 Å². The first-order chi connectivity index (χ1) is 8.43. The Kier molecular flexibility index (Phi) is 3.22. The molecule has 1 atom stereocenters. The van der Waals surface area contributed by atoms with Gasteiger partial charge in [-0.15, -0.1) is 0 Å². The Balaban J connectivity index is 1.66. The van der Waals surface area contributed by atoms with Crippen LogP contribution in [0.3, 0.4) is 0 Å². The van der Waals surface area contributed by atoms with Gasteiger partial charge in [-0.3, -0.25) is 0 Å². The number of hydrogen-bond donors (Lipinski definition) is 1. The van der Waals surface area contributed by atoms with E-state index in [1.165, 1.54) is 32.1 Å². The molecule has 0 aromatic carbocycles. The van der Waals surface area contributed by atoms with Crippen molar-refractivity contribution in [1.29, 1.82) is 0 Å². The Labute approximate surface area is 112 Å². The molecule has 0 saturated heterocycles. The van der Waals surface area contributed by atoms with Crippen molar-refractivity contribution >= 4 is 0 Å². The van der Waals surface area contributed by atoms with Crippen molar-refractivity contribution in [1.82, 2.24) is 0 Å². The van der Waals surface area contributed by atoms with Crippen LogP contribution in [0.1, 0.15) is 59.3 Å². The van der Waals surface area contributed by atoms with Gasteiger partial charge < -0.3 is 10.5 Å². The lowest BCUT2D eigenvalue weighted by atomic mass is 9.55. The van der Waals surface area contributed by atoms with Crippen molar-refractivity contribution in [3.05, 3.63) is 0 Å². The molecule has 2 nitrogen and oxygen atoms in total. The van der Waals surface area contributed by atoms with Crippen molar-refractivity contribution in [3.8, 4) is 0 Å². The van der Waals surface area contributed by atoms with Gasteiger partial charge in [0.25, 0.3) is 0 Å². The molecular formula is C16H29NO. The van der Waals surface area contributed by atoms with Gasteiger partial charge in [0.2, 0.25) is 0 Å². The largest absolute Gasteiger partial charge is 0.372 e. The fraction of sp³-hybridized carbons (Fsp3) is 1.00. The summed E-state index contributed by atoms with van der Waals surface area (Å²) >= 11 is 0. The zero-order valence-corrected chi connectivity index (χ0v) is 12.2. The van der Waals surface area contributed by atoms with E-state index < -0.39 is 0 Å². The molecule has 0 amide bonds. The van der Waals surface area contributed by atoms with Crippen LogP contribution >= 0.6 is 0 Å². The van der Waals surface area contributed by atoms with Crippen molar-refractivity contribution < 1.29 is 4.74 Å². The molecule has 1 unspecified atom stereocenters. The summed E-state index contributed by atoms with van der Waals surface area (Å²) in [5.74, 6) is 3.77. The molecular weight excluding hydrogens is 222 g/mol. The maximum absolute atomic E-state index is 6.55. The van der Waals surface area contributed by atoms with E-state index in [1.807, 2.05) is 0 Å². The molecule has 4 rings (SSSR count). The summed E-state index contributed by atoms with van der Waals surface area (Å²) in [7, 11) is 0. The van der Waals surface area contributed by atoms with Crippen LogP contribution in [0.2, 0.25) is 0 Å². The summed E-state index contributed by atoms with van der Waals surface area (Å²) < 4.78 is 6.55. The summed E-state index contributed by atoms with van der Waals surface area (Å²) in [5, 5.41) is 0. The fourth-order valence-corrected chi connectivity index (χ4v) is 5.26. The Bertz CT molecular complexity index is 282. The van der Waals surface area contributed by atoms with E-state index in [9.17, 15) is 0 Å². The van der Waals surface area contributed by atoms with E-state index in [1.54, 1.807) is 0 Å². The number of hydrogen-bond acceptors (Lipinski definition) is 2. The van der Waals surface area contributed by atoms with Crippen molar-refractivity contribution in [3.63, 3.8) is 0 Å². The molecule has 0 aromatic rings. The first-order valence-corrected chi connectivity index (χ1v) is 7.86. The minimum Gasteiger partial charge on any atom is -0.372 e. The van der Waals surface area contributed by atoms with E-state index in [-0.39, 0.29) is 11.6 Å². The first kappa shape index (κ1) is 12.9. The quantitative estimate of drug-likeness (QED) is 0.831. The van der Waals surface area contributed by atoms with Gasteiger partial charge in [-0.2, -0.15) is 0 Å². The SMILES string of the molecule is CC(N)CC(C)(C)OC1C2CC3CC(C2)CC1C3. The number of ether oxygens (including phenoxy) is 1. The van der Waals surface area contributed by atoms with Gasteiger partial charge >= 0.3 is 0 Å². The van der Waals surface area contributed by atoms with Crippen LogP contribution in [-0.4, -0.2) is 17.7 Å². The van der Waals surface area contributed by atoms with Gasteiger partial charge in [-0.25, -0.2) is 0 Å². The van der Waals surface area contributed by atoms with Gasteiger partial charge in [0, 0.05) is 6.04 Å². The number of nitrogens with two attached hydrogens (primary N) is 1. The summed E-state index contributed by atoms with van der Waals surface area (Å²) in [5.41, 5.74) is 5.90. The second-order valence-electron chi connectivity index (χ2n) is 7.95. The highest BCUT2D eigenvalue weighted by molar-refractivity contribution is 4.99. The molecule has 0 aliphatic heterocycles. The molecule has 0 heterocycles. The molecule has 4 aliphatic carbocycles. The van der Waals surface area contributed by atoms with Gasteiger partial charge in [0.1, 0.15) is 0 Å². The van der Waals surface area contributed by atoms with Crippen LogP contribution in [0.15, 0.2) is 0 Å². The van der Waals surface area contributed by atoms with Crippen LogP contribution in [0.25, 0.3) is 0 Å². The third-order valence-corrected chi connectivity index (χ3v) is 5.41. The summed E-state index contributed by atoms with van der Waals surface area (Å²) in [6.07, 6.45) is 8.76. The molecule has 0 aromatic heterocycles. The Hall–Kier alpha value is -0.0800. The van der Waals surface area contributed by atoms with Gasteiger partial charge in [-0.05, 0) is 83.0 Å². The van der Waals surface area contributed by atoms with Crippen molar-refractivity contribution in [2.45, 2.75) is 77.0 Å². The van der Waals surface area contributed by atoms with E-state index in [0.29, 0.717) is 6.10 Å². The van der Waals surface area contributed by atoms with E-state index in [0.717, 1.165) is 30.1 Å². The highest BCUT2D eigenvalue weighted by Gasteiger charge is 2.50. The van der Waals surface area contributed by atoms with Crippen LogP contribution in [0, 0.1) is 23.7 Å². The number of rotatable bonds is 4. The molecule has 4 bridgehead atoms. The van der Waals surface area contributed by atoms with Crippen LogP contribution < -0.4 is 5.73 Å². The average molecular weight is 251 g/mol. The normalized spacial score (nSPS) is 44.3. The van der Waals surface area contributed by atoms with E-state index in [4.69, 9.17) is 10.5 Å². The molecule has 0 radical (unpaired) electrons. The van der Waals surface area contributed by atoms with Crippen molar-refractivity contribution in [2.24, 2.45) is 29.4 Å². The molecule has 2 heteroatoms. The molecule has 104 valence electrons. The molecule has 4 aliphatic rings. The predicted molar refractivity (Wildman–Crippen MR) is 74.3 cm³/mol. The fourth-order valence-electron chi connectivity index (χ4n) is 5.26. The lowest BCUT2D eigenvalue weighted by molar-refractivity contribution is -0.181. The third kappa shape index (κ3) is 2.46. The second kappa shape index (κ2) is 4.49. The highest BCUT2D eigenvalue weighted by Crippen LogP contribution is 2.55. The molecule has 18 heavy (non-hydrogen) atoms. The Morgan fingerprint density at radius 2 is 1.56 bits per heavy atom. The Morgan fingerprint density at radius 3 is 2.00 bits per heavy atom. The van der Waals surface area contributed by atoms with E-state index in [2.05, 4.69) is 20.8 Å². The molecule has 2 N–H and O–H groups in total.